The van der Waals surface area contributed by atoms with Gasteiger partial charge in [-0.25, -0.2) is 4.98 Å². The Balaban J connectivity index is 1.50. The van der Waals surface area contributed by atoms with Gasteiger partial charge in [0.1, 0.15) is 5.75 Å². The number of aromatic nitrogens is 1. The van der Waals surface area contributed by atoms with Crippen molar-refractivity contribution < 1.29 is 23.0 Å². The molecule has 9 heteroatoms. The first-order valence-electron chi connectivity index (χ1n) is 8.68. The highest BCUT2D eigenvalue weighted by molar-refractivity contribution is 7.22. The van der Waals surface area contributed by atoms with Crippen LogP contribution < -0.4 is 15.0 Å². The van der Waals surface area contributed by atoms with Crippen molar-refractivity contribution in [2.75, 3.05) is 36.5 Å². The Morgan fingerprint density at radius 1 is 1.21 bits per heavy atom. The number of morpholine rings is 1. The van der Waals surface area contributed by atoms with Crippen molar-refractivity contribution in [2.24, 2.45) is 0 Å². The normalized spacial score (nSPS) is 14.5. The van der Waals surface area contributed by atoms with Crippen LogP contribution in [0, 0.1) is 0 Å². The van der Waals surface area contributed by atoms with Crippen LogP contribution in [0.25, 0.3) is 10.2 Å². The minimum atomic E-state index is -2.94. The van der Waals surface area contributed by atoms with Crippen LogP contribution in [0.3, 0.4) is 0 Å². The minimum absolute atomic E-state index is 0.0595. The number of ether oxygens (including phenoxy) is 2. The van der Waals surface area contributed by atoms with Gasteiger partial charge in [-0.1, -0.05) is 17.4 Å². The van der Waals surface area contributed by atoms with E-state index < -0.39 is 12.5 Å². The van der Waals surface area contributed by atoms with Crippen molar-refractivity contribution in [3.8, 4) is 5.75 Å². The van der Waals surface area contributed by atoms with E-state index in [0.717, 1.165) is 28.4 Å². The van der Waals surface area contributed by atoms with Crippen LogP contribution in [-0.2, 0) is 4.74 Å². The summed E-state index contributed by atoms with van der Waals surface area (Å²) >= 11 is 1.55. The van der Waals surface area contributed by atoms with Gasteiger partial charge in [-0.15, -0.1) is 0 Å². The molecule has 28 heavy (non-hydrogen) atoms. The number of halogens is 2. The lowest BCUT2D eigenvalue weighted by Crippen LogP contribution is -2.36. The summed E-state index contributed by atoms with van der Waals surface area (Å²) in [4.78, 5) is 19.3. The van der Waals surface area contributed by atoms with Gasteiger partial charge >= 0.3 is 6.61 Å². The maximum absolute atomic E-state index is 12.5. The second-order valence-electron chi connectivity index (χ2n) is 6.14. The molecule has 0 aliphatic carbocycles. The lowest BCUT2D eigenvalue weighted by molar-refractivity contribution is -0.0498. The maximum Gasteiger partial charge on any atom is 0.387 e. The van der Waals surface area contributed by atoms with E-state index in [-0.39, 0.29) is 11.3 Å². The number of amides is 1. The molecule has 0 bridgehead atoms. The molecular weight excluding hydrogens is 388 g/mol. The standard InChI is InChI=1S/C19H17F2N3O3S/c20-18(21)27-14-3-1-2-12(10-14)17(25)22-13-4-5-15-16(11-13)28-19(23-15)24-6-8-26-9-7-24/h1-5,10-11,18H,6-9H2,(H,22,25). The third-order valence-electron chi connectivity index (χ3n) is 4.24. The van der Waals surface area contributed by atoms with Gasteiger partial charge in [-0.05, 0) is 36.4 Å². The monoisotopic (exact) mass is 405 g/mol. The second kappa shape index (κ2) is 8.07. The first-order chi connectivity index (χ1) is 13.6. The quantitative estimate of drug-likeness (QED) is 0.696. The van der Waals surface area contributed by atoms with Crippen LogP contribution in [-0.4, -0.2) is 43.8 Å². The second-order valence-corrected chi connectivity index (χ2v) is 7.15. The number of nitrogens with zero attached hydrogens (tertiary/aromatic N) is 2. The third-order valence-corrected chi connectivity index (χ3v) is 5.32. The summed E-state index contributed by atoms with van der Waals surface area (Å²) in [5, 5.41) is 3.71. The zero-order valence-corrected chi connectivity index (χ0v) is 15.5. The Hall–Kier alpha value is -2.78. The zero-order valence-electron chi connectivity index (χ0n) is 14.7. The van der Waals surface area contributed by atoms with Crippen molar-refractivity contribution in [1.29, 1.82) is 0 Å². The van der Waals surface area contributed by atoms with E-state index in [4.69, 9.17) is 4.74 Å². The Labute approximate surface area is 163 Å². The topological polar surface area (TPSA) is 63.7 Å². The molecule has 1 fully saturated rings. The number of carbonyl (C=O) groups excluding carboxylic acids is 1. The molecule has 1 aromatic heterocycles. The van der Waals surface area contributed by atoms with Gasteiger partial charge in [0.15, 0.2) is 5.13 Å². The summed E-state index contributed by atoms with van der Waals surface area (Å²) < 4.78 is 35.4. The van der Waals surface area contributed by atoms with Crippen molar-refractivity contribution in [2.45, 2.75) is 6.61 Å². The lowest BCUT2D eigenvalue weighted by atomic mass is 10.2. The van der Waals surface area contributed by atoms with Crippen LogP contribution in [0.1, 0.15) is 10.4 Å². The van der Waals surface area contributed by atoms with E-state index in [2.05, 4.69) is 19.9 Å². The van der Waals surface area contributed by atoms with Crippen LogP contribution in [0.5, 0.6) is 5.75 Å². The van der Waals surface area contributed by atoms with Crippen LogP contribution in [0.15, 0.2) is 42.5 Å². The number of thiazole rings is 1. The SMILES string of the molecule is O=C(Nc1ccc2nc(N3CCOCC3)sc2c1)c1cccc(OC(F)F)c1. The van der Waals surface area contributed by atoms with E-state index >= 15 is 0 Å². The van der Waals surface area contributed by atoms with E-state index in [9.17, 15) is 13.6 Å². The summed E-state index contributed by atoms with van der Waals surface area (Å²) in [7, 11) is 0. The Kier molecular flexibility index (Phi) is 5.36. The minimum Gasteiger partial charge on any atom is -0.435 e. The molecule has 1 amide bonds. The molecule has 2 heterocycles. The molecule has 0 unspecified atom stereocenters. The third kappa shape index (κ3) is 4.20. The summed E-state index contributed by atoms with van der Waals surface area (Å²) in [6.07, 6.45) is 0. The zero-order chi connectivity index (χ0) is 19.5. The first kappa shape index (κ1) is 18.6. The number of benzene rings is 2. The first-order valence-corrected chi connectivity index (χ1v) is 9.50. The van der Waals surface area contributed by atoms with Gasteiger partial charge in [0.25, 0.3) is 5.91 Å². The number of fused-ring (bicyclic) bond motifs is 1. The molecule has 3 aromatic rings. The number of carbonyl (C=O) groups is 1. The molecule has 6 nitrogen and oxygen atoms in total. The largest absolute Gasteiger partial charge is 0.435 e. The van der Waals surface area contributed by atoms with Crippen molar-refractivity contribution in [3.05, 3.63) is 48.0 Å². The summed E-state index contributed by atoms with van der Waals surface area (Å²) in [6, 6.07) is 11.2. The van der Waals surface area contributed by atoms with Gasteiger partial charge in [0.2, 0.25) is 0 Å². The van der Waals surface area contributed by atoms with Gasteiger partial charge < -0.3 is 19.7 Å². The number of anilines is 2. The molecule has 1 aliphatic heterocycles. The Morgan fingerprint density at radius 2 is 2.04 bits per heavy atom. The van der Waals surface area contributed by atoms with Crippen LogP contribution >= 0.6 is 11.3 Å². The van der Waals surface area contributed by atoms with Crippen molar-refractivity contribution in [3.63, 3.8) is 0 Å². The van der Waals surface area contributed by atoms with E-state index in [0.29, 0.717) is 18.9 Å². The molecule has 2 aromatic carbocycles. The van der Waals surface area contributed by atoms with E-state index in [1.807, 2.05) is 12.1 Å². The van der Waals surface area contributed by atoms with Gasteiger partial charge in [0, 0.05) is 24.3 Å². The van der Waals surface area contributed by atoms with E-state index in [1.165, 1.54) is 24.3 Å². The lowest BCUT2D eigenvalue weighted by Gasteiger charge is -2.25. The fourth-order valence-electron chi connectivity index (χ4n) is 2.90. The highest BCUT2D eigenvalue weighted by atomic mass is 32.1. The highest BCUT2D eigenvalue weighted by Crippen LogP contribution is 2.31. The van der Waals surface area contributed by atoms with Gasteiger partial charge in [-0.2, -0.15) is 8.78 Å². The maximum atomic E-state index is 12.5. The highest BCUT2D eigenvalue weighted by Gasteiger charge is 2.16. The average molecular weight is 405 g/mol. The molecule has 0 radical (unpaired) electrons. The summed E-state index contributed by atoms with van der Waals surface area (Å²) in [6.45, 7) is 0.0468. The molecule has 1 N–H and O–H groups in total. The Bertz CT molecular complexity index is 989. The van der Waals surface area contributed by atoms with Crippen LogP contribution in [0.2, 0.25) is 0 Å². The number of hydrogen-bond acceptors (Lipinski definition) is 6. The number of alkyl halides is 2. The molecular formula is C19H17F2N3O3S. The fraction of sp³-hybridized carbons (Fsp3) is 0.263. The van der Waals surface area contributed by atoms with Crippen molar-refractivity contribution in [1.82, 2.24) is 4.98 Å². The molecule has 4 rings (SSSR count). The molecule has 0 atom stereocenters. The predicted molar refractivity (Wildman–Crippen MR) is 104 cm³/mol. The fourth-order valence-corrected chi connectivity index (χ4v) is 3.95. The number of hydrogen-bond donors (Lipinski definition) is 1. The van der Waals surface area contributed by atoms with E-state index in [1.54, 1.807) is 17.4 Å². The molecule has 0 saturated carbocycles. The predicted octanol–water partition coefficient (Wildman–Crippen LogP) is 3.99. The molecule has 0 spiro atoms. The summed E-state index contributed by atoms with van der Waals surface area (Å²) in [5.74, 6) is -0.465. The van der Waals surface area contributed by atoms with Gasteiger partial charge in [0.05, 0.1) is 23.4 Å². The number of nitrogens with one attached hydrogen (secondary N) is 1. The van der Waals surface area contributed by atoms with Crippen molar-refractivity contribution >= 4 is 38.3 Å². The number of rotatable bonds is 5. The molecule has 146 valence electrons. The Morgan fingerprint density at radius 3 is 2.82 bits per heavy atom. The average Bonchev–Trinajstić information content (AvgIpc) is 3.12. The van der Waals surface area contributed by atoms with Crippen LogP contribution in [0.4, 0.5) is 19.6 Å². The smallest absolute Gasteiger partial charge is 0.387 e. The van der Waals surface area contributed by atoms with Gasteiger partial charge in [-0.3, -0.25) is 4.79 Å². The molecule has 1 aliphatic rings. The molecule has 1 saturated heterocycles. The summed E-state index contributed by atoms with van der Waals surface area (Å²) in [5.41, 5.74) is 1.70.